The van der Waals surface area contributed by atoms with Crippen LogP contribution in [0.1, 0.15) is 53.9 Å². The summed E-state index contributed by atoms with van der Waals surface area (Å²) >= 11 is 0. The van der Waals surface area contributed by atoms with Gasteiger partial charge in [-0.15, -0.1) is 0 Å². The minimum absolute atomic E-state index is 0.132. The second kappa shape index (κ2) is 11.5. The lowest BCUT2D eigenvalue weighted by Crippen LogP contribution is -2.64. The third kappa shape index (κ3) is 4.34. The SMILES string of the molecule is C/C=C/C=C\C(=O)O[C@H]1[C@H](O)[C@H](OC[C@@]23C[C@@H]4[C@H](C)C(F)C[C@H]4[C@@]4(C=O)C[C@H]2C=C(C(C)C)[C@@]34C(=O)O)O[C@H](C)[C@H]1OC. The molecule has 0 aromatic carbocycles. The van der Waals surface area contributed by atoms with Crippen LogP contribution in [0.15, 0.2) is 36.0 Å². The molecule has 1 heterocycles. The summed E-state index contributed by atoms with van der Waals surface area (Å²) in [6.45, 7) is 9.10. The van der Waals surface area contributed by atoms with Crippen LogP contribution in [0.25, 0.3) is 0 Å². The molecule has 4 fully saturated rings. The molecule has 4 bridgehead atoms. The first kappa shape index (κ1) is 32.0. The van der Waals surface area contributed by atoms with E-state index in [0.717, 1.165) is 6.29 Å². The fourth-order valence-electron chi connectivity index (χ4n) is 9.81. The van der Waals surface area contributed by atoms with E-state index in [1.54, 1.807) is 19.1 Å². The number of allylic oxidation sites excluding steroid dienone is 4. The lowest BCUT2D eigenvalue weighted by Gasteiger charge is -2.58. The zero-order valence-electron chi connectivity index (χ0n) is 25.8. The summed E-state index contributed by atoms with van der Waals surface area (Å²) in [6.07, 6.45) is 3.52. The van der Waals surface area contributed by atoms with Crippen LogP contribution in [-0.2, 0) is 33.3 Å². The molecule has 5 rings (SSSR count). The van der Waals surface area contributed by atoms with Crippen LogP contribution in [0.5, 0.6) is 0 Å². The van der Waals surface area contributed by atoms with Crippen LogP contribution in [0.4, 0.5) is 4.39 Å². The van der Waals surface area contributed by atoms with Gasteiger partial charge in [-0.3, -0.25) is 4.79 Å². The average molecular weight is 605 g/mol. The average Bonchev–Trinajstić information content (AvgIpc) is 3.48. The Morgan fingerprint density at radius 2 is 1.93 bits per heavy atom. The first-order valence-electron chi connectivity index (χ1n) is 15.4. The number of aldehydes is 1. The maximum atomic E-state index is 15.3. The lowest BCUT2D eigenvalue weighted by molar-refractivity contribution is -0.308. The predicted octanol–water partition coefficient (Wildman–Crippen LogP) is 4.04. The number of carboxylic acids is 1. The molecule has 43 heavy (non-hydrogen) atoms. The van der Waals surface area contributed by atoms with Gasteiger partial charge in [0.1, 0.15) is 30.1 Å². The van der Waals surface area contributed by atoms with Crippen LogP contribution in [0, 0.1) is 45.8 Å². The molecule has 0 aromatic heterocycles. The topological polar surface area (TPSA) is 129 Å². The van der Waals surface area contributed by atoms with E-state index in [-0.39, 0.29) is 42.6 Å². The number of rotatable bonds is 10. The van der Waals surface area contributed by atoms with Crippen molar-refractivity contribution in [2.75, 3.05) is 13.7 Å². The first-order chi connectivity index (χ1) is 20.4. The van der Waals surface area contributed by atoms with E-state index in [0.29, 0.717) is 18.4 Å². The molecule has 1 saturated heterocycles. The Hall–Kier alpha value is -2.40. The van der Waals surface area contributed by atoms with Crippen LogP contribution in [-0.4, -0.2) is 79.0 Å². The molecular formula is C33H45FO9. The van der Waals surface area contributed by atoms with Gasteiger partial charge in [0, 0.05) is 18.6 Å². The Kier molecular flexibility index (Phi) is 8.57. The molecule has 13 atom stereocenters. The second-order valence-corrected chi connectivity index (χ2v) is 13.5. The maximum Gasteiger partial charge on any atom is 0.331 e. The van der Waals surface area contributed by atoms with Crippen molar-refractivity contribution in [3.8, 4) is 0 Å². The molecule has 0 aromatic rings. The second-order valence-electron chi connectivity index (χ2n) is 13.5. The van der Waals surface area contributed by atoms with Crippen molar-refractivity contribution in [2.24, 2.45) is 45.8 Å². The number of aliphatic hydroxyl groups excluding tert-OH is 1. The number of hydrogen-bond acceptors (Lipinski definition) is 8. The summed E-state index contributed by atoms with van der Waals surface area (Å²) in [5, 5.41) is 22.5. The van der Waals surface area contributed by atoms with Gasteiger partial charge in [0.25, 0.3) is 0 Å². The molecule has 0 spiro atoms. The molecule has 3 saturated carbocycles. The lowest BCUT2D eigenvalue weighted by atomic mass is 9.43. The number of carboxylic acid groups (broad SMARTS) is 1. The largest absolute Gasteiger partial charge is 0.481 e. The van der Waals surface area contributed by atoms with Gasteiger partial charge in [-0.2, -0.15) is 0 Å². The third-order valence-corrected chi connectivity index (χ3v) is 11.5. The van der Waals surface area contributed by atoms with Gasteiger partial charge in [0.05, 0.1) is 18.1 Å². The minimum atomic E-state index is -1.57. The Morgan fingerprint density at radius 1 is 1.21 bits per heavy atom. The van der Waals surface area contributed by atoms with E-state index in [2.05, 4.69) is 0 Å². The van der Waals surface area contributed by atoms with E-state index >= 15 is 4.39 Å². The molecular weight excluding hydrogens is 559 g/mol. The summed E-state index contributed by atoms with van der Waals surface area (Å²) in [4.78, 5) is 39.4. The number of carbonyl (C=O) groups excluding carboxylic acids is 2. The maximum absolute atomic E-state index is 15.3. The highest BCUT2D eigenvalue weighted by molar-refractivity contribution is 5.90. The van der Waals surface area contributed by atoms with Crippen LogP contribution < -0.4 is 0 Å². The van der Waals surface area contributed by atoms with Crippen molar-refractivity contribution in [1.82, 2.24) is 0 Å². The molecule has 5 aliphatic rings. The Labute approximate surface area is 252 Å². The van der Waals surface area contributed by atoms with E-state index in [9.17, 15) is 24.6 Å². The summed E-state index contributed by atoms with van der Waals surface area (Å²) in [5.74, 6) is -3.10. The number of aliphatic hydroxyl groups is 1. The van der Waals surface area contributed by atoms with Gasteiger partial charge in [-0.05, 0) is 62.7 Å². The summed E-state index contributed by atoms with van der Waals surface area (Å²) in [6, 6.07) is 0. The van der Waals surface area contributed by atoms with Crippen molar-refractivity contribution < 1.29 is 47.9 Å². The van der Waals surface area contributed by atoms with E-state index in [1.165, 1.54) is 19.3 Å². The van der Waals surface area contributed by atoms with Gasteiger partial charge >= 0.3 is 11.9 Å². The number of halogens is 1. The quantitative estimate of drug-likeness (QED) is 0.125. The number of methoxy groups -OCH3 is 1. The molecule has 10 heteroatoms. The highest BCUT2D eigenvalue weighted by atomic mass is 19.1. The number of ether oxygens (including phenoxy) is 4. The summed E-state index contributed by atoms with van der Waals surface area (Å²) in [5.41, 5.74) is -3.20. The van der Waals surface area contributed by atoms with Crippen molar-refractivity contribution in [1.29, 1.82) is 0 Å². The van der Waals surface area contributed by atoms with Crippen molar-refractivity contribution in [3.05, 3.63) is 36.0 Å². The molecule has 0 amide bonds. The normalized spacial score (nSPS) is 46.9. The fourth-order valence-corrected chi connectivity index (χ4v) is 9.81. The molecule has 1 aliphatic heterocycles. The molecule has 2 N–H and O–H groups in total. The van der Waals surface area contributed by atoms with E-state index in [1.807, 2.05) is 33.8 Å². The van der Waals surface area contributed by atoms with Gasteiger partial charge in [0.2, 0.25) is 0 Å². The minimum Gasteiger partial charge on any atom is -0.481 e. The number of hydrogen-bond donors (Lipinski definition) is 2. The molecule has 4 aliphatic carbocycles. The molecule has 238 valence electrons. The van der Waals surface area contributed by atoms with Gasteiger partial charge in [-0.1, -0.05) is 50.6 Å². The highest BCUT2D eigenvalue weighted by Crippen LogP contribution is 2.82. The smallest absolute Gasteiger partial charge is 0.331 e. The monoisotopic (exact) mass is 604 g/mol. The Balaban J connectivity index is 1.50. The zero-order chi connectivity index (χ0) is 31.5. The number of aliphatic carboxylic acids is 1. The van der Waals surface area contributed by atoms with Gasteiger partial charge < -0.3 is 34.0 Å². The van der Waals surface area contributed by atoms with E-state index in [4.69, 9.17) is 18.9 Å². The van der Waals surface area contributed by atoms with Crippen LogP contribution in [0.2, 0.25) is 0 Å². The van der Waals surface area contributed by atoms with Crippen molar-refractivity contribution in [3.63, 3.8) is 0 Å². The van der Waals surface area contributed by atoms with Crippen LogP contribution >= 0.6 is 0 Å². The Morgan fingerprint density at radius 3 is 2.53 bits per heavy atom. The number of alkyl halides is 1. The Bertz CT molecular complexity index is 1210. The zero-order valence-corrected chi connectivity index (χ0v) is 25.8. The van der Waals surface area contributed by atoms with Gasteiger partial charge in [-0.25, -0.2) is 9.18 Å². The van der Waals surface area contributed by atoms with Crippen LogP contribution in [0.3, 0.4) is 0 Å². The third-order valence-electron chi connectivity index (χ3n) is 11.5. The first-order valence-corrected chi connectivity index (χ1v) is 15.4. The molecule has 9 nitrogen and oxygen atoms in total. The van der Waals surface area contributed by atoms with Gasteiger partial charge in [0.15, 0.2) is 12.4 Å². The molecule has 0 radical (unpaired) electrons. The number of fused-ring (bicyclic) bond motifs is 2. The highest BCUT2D eigenvalue weighted by Gasteiger charge is 2.85. The standard InChI is InChI=1S/C33H45FO9/c1-7-8-9-10-25(36)43-28-26(37)29(42-19(5)27(28)40-6)41-16-32-14-21-18(4)24(34)12-23(21)31(15-35)13-20(32)11-22(17(2)3)33(31,32)30(38)39/h7-11,15,17-21,23-24,26-29,37H,12-14,16H2,1-6H3,(H,38,39)/b8-7+,10-9-/t18-,19+,20+,21+,23+,24?,26-,27+,28-,29+,31-,32-,33-/m0/s1. The summed E-state index contributed by atoms with van der Waals surface area (Å²) in [7, 11) is 1.43. The summed E-state index contributed by atoms with van der Waals surface area (Å²) < 4.78 is 38.8. The predicted molar refractivity (Wildman–Crippen MR) is 153 cm³/mol. The van der Waals surface area contributed by atoms with Crippen molar-refractivity contribution >= 4 is 18.2 Å². The van der Waals surface area contributed by atoms with E-state index < -0.39 is 65.1 Å². The number of esters is 1. The molecule has 1 unspecified atom stereocenters. The van der Waals surface area contributed by atoms with Crippen molar-refractivity contribution in [2.45, 2.75) is 90.8 Å². The number of carbonyl (C=O) groups is 3. The fraction of sp³-hybridized carbons (Fsp3) is 0.727.